The number of rotatable bonds is 3. The molecule has 0 bridgehead atoms. The van der Waals surface area contributed by atoms with Crippen LogP contribution in [0.4, 0.5) is 5.69 Å². The van der Waals surface area contributed by atoms with Gasteiger partial charge in [0.2, 0.25) is 0 Å². The monoisotopic (exact) mass is 398 g/mol. The van der Waals surface area contributed by atoms with Gasteiger partial charge in [-0.05, 0) is 61.2 Å². The maximum Gasteiger partial charge on any atom is 0.0645 e. The smallest absolute Gasteiger partial charge is 0.0645 e. The fourth-order valence-corrected chi connectivity index (χ4v) is 3.43. The van der Waals surface area contributed by atoms with Gasteiger partial charge in [-0.25, -0.2) is 0 Å². The molecule has 0 saturated heterocycles. The molecule has 2 nitrogen and oxygen atoms in total. The van der Waals surface area contributed by atoms with Gasteiger partial charge in [-0.15, -0.1) is 0 Å². The van der Waals surface area contributed by atoms with E-state index in [0.29, 0.717) is 10.0 Å². The summed E-state index contributed by atoms with van der Waals surface area (Å²) in [5.74, 6) is 0. The van der Waals surface area contributed by atoms with Gasteiger partial charge in [0.15, 0.2) is 0 Å². The molecule has 3 aromatic rings. The lowest BCUT2D eigenvalue weighted by Crippen LogP contribution is -2.11. The van der Waals surface area contributed by atoms with Gasteiger partial charge in [0.05, 0.1) is 15.7 Å². The number of aromatic nitrogens is 1. The van der Waals surface area contributed by atoms with Crippen molar-refractivity contribution in [3.63, 3.8) is 0 Å². The third kappa shape index (κ3) is 4.28. The lowest BCUT2D eigenvalue weighted by atomic mass is 9.87. The van der Waals surface area contributed by atoms with Crippen LogP contribution < -0.4 is 0 Å². The number of hydrogen-bond acceptors (Lipinski definition) is 1. The molecule has 27 heavy (non-hydrogen) atoms. The molecule has 0 radical (unpaired) electrons. The zero-order valence-electron chi connectivity index (χ0n) is 16.3. The van der Waals surface area contributed by atoms with Gasteiger partial charge in [0, 0.05) is 28.9 Å². The fraction of sp³-hybridized carbons (Fsp3) is 0.261. The Morgan fingerprint density at radius 2 is 1.56 bits per heavy atom. The third-order valence-electron chi connectivity index (χ3n) is 4.72. The molecule has 0 N–H and O–H groups in total. The Labute approximate surface area is 171 Å². The quantitative estimate of drug-likeness (QED) is 0.407. The van der Waals surface area contributed by atoms with Crippen LogP contribution >= 0.6 is 23.2 Å². The molecule has 140 valence electrons. The molecule has 0 atom stereocenters. The van der Waals surface area contributed by atoms with Crippen molar-refractivity contribution in [2.24, 2.45) is 4.99 Å². The minimum atomic E-state index is 0.150. The van der Waals surface area contributed by atoms with Crippen molar-refractivity contribution in [1.82, 2.24) is 4.57 Å². The van der Waals surface area contributed by atoms with Gasteiger partial charge in [0.1, 0.15) is 0 Å². The summed E-state index contributed by atoms with van der Waals surface area (Å²) in [4.78, 5) is 4.55. The average Bonchev–Trinajstić information content (AvgIpc) is 2.89. The van der Waals surface area contributed by atoms with Gasteiger partial charge in [-0.1, -0.05) is 56.1 Å². The molecule has 0 fully saturated rings. The lowest BCUT2D eigenvalue weighted by Gasteiger charge is -2.20. The summed E-state index contributed by atoms with van der Waals surface area (Å²) in [5.41, 5.74) is 6.83. The molecule has 0 aliphatic rings. The van der Waals surface area contributed by atoms with Crippen LogP contribution in [0.5, 0.6) is 0 Å². The summed E-state index contributed by atoms with van der Waals surface area (Å²) in [6.07, 6.45) is 1.88. The first-order valence-electron chi connectivity index (χ1n) is 8.96. The van der Waals surface area contributed by atoms with Crippen LogP contribution in [0.1, 0.15) is 43.3 Å². The van der Waals surface area contributed by atoms with Crippen molar-refractivity contribution in [2.45, 2.75) is 40.0 Å². The topological polar surface area (TPSA) is 17.3 Å². The average molecular weight is 399 g/mol. The number of benzene rings is 2. The predicted molar refractivity (Wildman–Crippen MR) is 118 cm³/mol. The number of aryl methyl sites for hydroxylation is 1. The van der Waals surface area contributed by atoms with Gasteiger partial charge < -0.3 is 4.57 Å². The fourth-order valence-electron chi connectivity index (χ4n) is 3.14. The molecule has 0 aliphatic carbocycles. The molecule has 0 aliphatic heterocycles. The van der Waals surface area contributed by atoms with E-state index in [4.69, 9.17) is 23.2 Å². The second-order valence-corrected chi connectivity index (χ2v) is 8.63. The molecule has 1 aromatic heterocycles. The largest absolute Gasteiger partial charge is 0.318 e. The maximum absolute atomic E-state index is 6.07. The minimum Gasteiger partial charge on any atom is -0.318 e. The zero-order chi connectivity index (χ0) is 19.8. The standard InChI is InChI=1S/C23H24Cl2N2/c1-15-12-17(14-26-19-8-11-21(24)22(25)13-19)16(2)27(15)20-9-6-18(7-10-20)23(3,4)5/h6-14H,1-5H3. The van der Waals surface area contributed by atoms with Crippen molar-refractivity contribution in [3.8, 4) is 5.69 Å². The second kappa shape index (κ2) is 7.53. The van der Waals surface area contributed by atoms with Gasteiger partial charge in [-0.2, -0.15) is 0 Å². The van der Waals surface area contributed by atoms with Crippen molar-refractivity contribution < 1.29 is 0 Å². The summed E-state index contributed by atoms with van der Waals surface area (Å²) < 4.78 is 2.25. The normalized spacial score (nSPS) is 12.1. The SMILES string of the molecule is Cc1cc(C=Nc2ccc(Cl)c(Cl)c2)c(C)n1-c1ccc(C(C)(C)C)cc1. The Morgan fingerprint density at radius 3 is 2.15 bits per heavy atom. The third-order valence-corrected chi connectivity index (χ3v) is 5.46. The molecule has 0 saturated carbocycles. The van der Waals surface area contributed by atoms with E-state index in [1.54, 1.807) is 12.1 Å². The molecule has 2 aromatic carbocycles. The summed E-state index contributed by atoms with van der Waals surface area (Å²) in [7, 11) is 0. The first-order chi connectivity index (χ1) is 12.7. The predicted octanol–water partition coefficient (Wildman–Crippen LogP) is 7.45. The van der Waals surface area contributed by atoms with Crippen LogP contribution in [0.2, 0.25) is 10.0 Å². The molecule has 0 unspecified atom stereocenters. The molecular weight excluding hydrogens is 375 g/mol. The highest BCUT2D eigenvalue weighted by atomic mass is 35.5. The van der Waals surface area contributed by atoms with Crippen molar-refractivity contribution in [2.75, 3.05) is 0 Å². The highest BCUT2D eigenvalue weighted by Crippen LogP contribution is 2.28. The Kier molecular flexibility index (Phi) is 5.50. The van der Waals surface area contributed by atoms with E-state index in [0.717, 1.165) is 22.6 Å². The van der Waals surface area contributed by atoms with Crippen molar-refractivity contribution in [1.29, 1.82) is 0 Å². The lowest BCUT2D eigenvalue weighted by molar-refractivity contribution is 0.590. The highest BCUT2D eigenvalue weighted by molar-refractivity contribution is 6.42. The maximum atomic E-state index is 6.07. The van der Waals surface area contributed by atoms with E-state index in [2.05, 4.69) is 74.5 Å². The van der Waals surface area contributed by atoms with Crippen molar-refractivity contribution in [3.05, 3.63) is 81.1 Å². The molecule has 1 heterocycles. The summed E-state index contributed by atoms with van der Waals surface area (Å²) in [5, 5.41) is 1.04. The van der Waals surface area contributed by atoms with Crippen LogP contribution in [0.3, 0.4) is 0 Å². The van der Waals surface area contributed by atoms with E-state index in [-0.39, 0.29) is 5.41 Å². The van der Waals surface area contributed by atoms with Crippen molar-refractivity contribution >= 4 is 35.1 Å². The summed E-state index contributed by atoms with van der Waals surface area (Å²) in [6, 6.07) is 16.3. The van der Waals surface area contributed by atoms with Crippen LogP contribution in [0, 0.1) is 13.8 Å². The van der Waals surface area contributed by atoms with Gasteiger partial charge >= 0.3 is 0 Å². The highest BCUT2D eigenvalue weighted by Gasteiger charge is 2.14. The van der Waals surface area contributed by atoms with E-state index in [1.165, 1.54) is 11.3 Å². The summed E-state index contributed by atoms with van der Waals surface area (Å²) in [6.45, 7) is 10.9. The minimum absolute atomic E-state index is 0.150. The van der Waals surface area contributed by atoms with Crippen LogP contribution in [-0.4, -0.2) is 10.8 Å². The molecule has 0 spiro atoms. The van der Waals surface area contributed by atoms with Gasteiger partial charge in [0.25, 0.3) is 0 Å². The molecule has 3 rings (SSSR count). The van der Waals surface area contributed by atoms with Gasteiger partial charge in [-0.3, -0.25) is 4.99 Å². The number of aliphatic imine (C=N–C) groups is 1. The zero-order valence-corrected chi connectivity index (χ0v) is 17.9. The number of halogens is 2. The molecule has 0 amide bonds. The Balaban J connectivity index is 1.92. The van der Waals surface area contributed by atoms with E-state index in [9.17, 15) is 0 Å². The Hall–Kier alpha value is -2.03. The number of nitrogens with zero attached hydrogens (tertiary/aromatic N) is 2. The van der Waals surface area contributed by atoms with Crippen LogP contribution in [0.25, 0.3) is 5.69 Å². The summed E-state index contributed by atoms with van der Waals surface area (Å²) >= 11 is 12.0. The van der Waals surface area contributed by atoms with Crippen LogP contribution in [0.15, 0.2) is 53.5 Å². The van der Waals surface area contributed by atoms with Crippen LogP contribution in [-0.2, 0) is 5.41 Å². The van der Waals surface area contributed by atoms with E-state index < -0.39 is 0 Å². The first kappa shape index (κ1) is 19.7. The Bertz CT molecular complexity index is 990. The molecular formula is C23H24Cl2N2. The molecule has 4 heteroatoms. The van der Waals surface area contributed by atoms with E-state index in [1.807, 2.05) is 12.3 Å². The first-order valence-corrected chi connectivity index (χ1v) is 9.71. The van der Waals surface area contributed by atoms with E-state index >= 15 is 0 Å². The second-order valence-electron chi connectivity index (χ2n) is 7.82. The number of hydrogen-bond donors (Lipinski definition) is 0. The Morgan fingerprint density at radius 1 is 0.889 bits per heavy atom.